The molecule has 0 N–H and O–H groups in total. The van der Waals surface area contributed by atoms with E-state index in [0.29, 0.717) is 18.8 Å². The standard InChI is InChI=1S/C14H15F3N6O2S2/c15-14(16,17)23(27(24)25)12-8-10(22-6-2-1-3-7-22)4-5-11(12)19-21-13-20-18-9-26-13/h4-5,8-9H,1-3,6-7H2,(H,24,25)/p-1. The molecule has 0 aliphatic carbocycles. The molecule has 0 radical (unpaired) electrons. The summed E-state index contributed by atoms with van der Waals surface area (Å²) in [5.41, 5.74) is 1.03. The summed E-state index contributed by atoms with van der Waals surface area (Å²) in [7, 11) is 0. The third-order valence-corrected chi connectivity index (χ3v) is 5.15. The first-order valence-corrected chi connectivity index (χ1v) is 9.80. The van der Waals surface area contributed by atoms with Crippen molar-refractivity contribution in [1.82, 2.24) is 10.2 Å². The van der Waals surface area contributed by atoms with Gasteiger partial charge in [0.2, 0.25) is 0 Å². The van der Waals surface area contributed by atoms with Crippen LogP contribution in [0.25, 0.3) is 0 Å². The maximum Gasteiger partial charge on any atom is 0.495 e. The number of benzene rings is 1. The van der Waals surface area contributed by atoms with Crippen molar-refractivity contribution >= 4 is 44.8 Å². The van der Waals surface area contributed by atoms with Crippen LogP contribution in [-0.2, 0) is 11.3 Å². The molecule has 146 valence electrons. The first kappa shape index (κ1) is 19.6. The zero-order valence-corrected chi connectivity index (χ0v) is 15.4. The van der Waals surface area contributed by atoms with Crippen LogP contribution in [0.3, 0.4) is 0 Å². The lowest BCUT2D eigenvalue weighted by Crippen LogP contribution is -2.39. The summed E-state index contributed by atoms with van der Waals surface area (Å²) in [6.07, 6.45) is -2.24. The molecule has 0 amide bonds. The number of alkyl halides is 3. The molecule has 8 nitrogen and oxygen atoms in total. The number of piperidine rings is 1. The van der Waals surface area contributed by atoms with E-state index >= 15 is 0 Å². The van der Waals surface area contributed by atoms with Crippen molar-refractivity contribution in [2.24, 2.45) is 10.2 Å². The molecule has 1 aliphatic rings. The first-order chi connectivity index (χ1) is 12.9. The lowest BCUT2D eigenvalue weighted by molar-refractivity contribution is -0.115. The number of halogens is 3. The van der Waals surface area contributed by atoms with E-state index in [4.69, 9.17) is 0 Å². The van der Waals surface area contributed by atoms with E-state index in [1.807, 2.05) is 4.90 Å². The molecule has 1 unspecified atom stereocenters. The van der Waals surface area contributed by atoms with Gasteiger partial charge in [-0.05, 0) is 37.5 Å². The van der Waals surface area contributed by atoms with E-state index in [-0.39, 0.29) is 10.8 Å². The molecule has 27 heavy (non-hydrogen) atoms. The van der Waals surface area contributed by atoms with Crippen LogP contribution in [0, 0.1) is 0 Å². The van der Waals surface area contributed by atoms with E-state index in [1.165, 1.54) is 17.6 Å². The lowest BCUT2D eigenvalue weighted by Gasteiger charge is -2.32. The Morgan fingerprint density at radius 1 is 1.22 bits per heavy atom. The maximum absolute atomic E-state index is 13.4. The number of hydrogen-bond donors (Lipinski definition) is 0. The van der Waals surface area contributed by atoms with Crippen LogP contribution in [0.1, 0.15) is 19.3 Å². The minimum atomic E-state index is -5.14. The summed E-state index contributed by atoms with van der Waals surface area (Å²) < 4.78 is 62.0. The van der Waals surface area contributed by atoms with Gasteiger partial charge in [0, 0.05) is 18.8 Å². The van der Waals surface area contributed by atoms with Crippen LogP contribution in [0.2, 0.25) is 0 Å². The second-order valence-corrected chi connectivity index (χ2v) is 7.23. The highest BCUT2D eigenvalue weighted by molar-refractivity contribution is 7.80. The smallest absolute Gasteiger partial charge is 0.495 e. The molecule has 1 atom stereocenters. The summed E-state index contributed by atoms with van der Waals surface area (Å²) in [5, 5.41) is 14.8. The maximum atomic E-state index is 13.4. The van der Waals surface area contributed by atoms with Crippen molar-refractivity contribution in [2.45, 2.75) is 25.6 Å². The van der Waals surface area contributed by atoms with Gasteiger partial charge >= 0.3 is 6.30 Å². The Morgan fingerprint density at radius 3 is 2.56 bits per heavy atom. The van der Waals surface area contributed by atoms with E-state index in [2.05, 4.69) is 20.4 Å². The molecule has 0 saturated carbocycles. The predicted molar refractivity (Wildman–Crippen MR) is 94.0 cm³/mol. The van der Waals surface area contributed by atoms with Gasteiger partial charge in [-0.25, -0.2) is 4.31 Å². The SMILES string of the molecule is O=S([O-])N(c1cc(N2CCCCC2)ccc1N=Nc1nncs1)C(F)(F)F. The molecule has 2 heterocycles. The summed E-state index contributed by atoms with van der Waals surface area (Å²) in [6, 6.07) is 4.09. The van der Waals surface area contributed by atoms with Gasteiger partial charge in [0.25, 0.3) is 5.13 Å². The van der Waals surface area contributed by atoms with Crippen molar-refractivity contribution in [1.29, 1.82) is 0 Å². The highest BCUT2D eigenvalue weighted by Gasteiger charge is 2.40. The Hall–Kier alpha value is -2.12. The first-order valence-electron chi connectivity index (χ1n) is 7.89. The average Bonchev–Trinajstić information content (AvgIpc) is 3.13. The molecule has 0 spiro atoms. The second-order valence-electron chi connectivity index (χ2n) is 5.62. The van der Waals surface area contributed by atoms with E-state index in [0.717, 1.165) is 30.6 Å². The van der Waals surface area contributed by atoms with E-state index in [9.17, 15) is 21.9 Å². The van der Waals surface area contributed by atoms with Gasteiger partial charge in [-0.1, -0.05) is 11.3 Å². The Kier molecular flexibility index (Phi) is 6.01. The van der Waals surface area contributed by atoms with Crippen LogP contribution in [0.15, 0.2) is 33.9 Å². The molecular weight excluding hydrogens is 405 g/mol. The molecule has 1 aliphatic heterocycles. The normalized spacial score (nSPS) is 16.7. The molecule has 13 heteroatoms. The van der Waals surface area contributed by atoms with E-state index < -0.39 is 27.6 Å². The van der Waals surface area contributed by atoms with Gasteiger partial charge in [0.15, 0.2) is 0 Å². The van der Waals surface area contributed by atoms with Crippen molar-refractivity contribution < 1.29 is 21.9 Å². The fourth-order valence-electron chi connectivity index (χ4n) is 2.72. The monoisotopic (exact) mass is 419 g/mol. The van der Waals surface area contributed by atoms with Crippen molar-refractivity contribution in [3.8, 4) is 0 Å². The summed E-state index contributed by atoms with van der Waals surface area (Å²) in [5.74, 6) is 0. The number of aromatic nitrogens is 2. The van der Waals surface area contributed by atoms with Crippen LogP contribution >= 0.6 is 11.3 Å². The van der Waals surface area contributed by atoms with Crippen LogP contribution < -0.4 is 9.21 Å². The lowest BCUT2D eigenvalue weighted by atomic mass is 10.1. The Bertz CT molecular complexity index is 825. The van der Waals surface area contributed by atoms with Gasteiger partial charge in [-0.15, -0.1) is 33.6 Å². The molecule has 3 rings (SSSR count). The second kappa shape index (κ2) is 8.27. The number of hydrogen-bond acceptors (Lipinski definition) is 8. The highest BCUT2D eigenvalue weighted by Crippen LogP contribution is 2.40. The molecule has 1 aromatic carbocycles. The molecule has 2 aromatic rings. The molecule has 1 aromatic heterocycles. The van der Waals surface area contributed by atoms with Gasteiger partial charge < -0.3 is 9.45 Å². The summed E-state index contributed by atoms with van der Waals surface area (Å²) >= 11 is -2.53. The minimum absolute atomic E-state index is 0.142. The van der Waals surface area contributed by atoms with Crippen LogP contribution in [0.4, 0.5) is 35.4 Å². The predicted octanol–water partition coefficient (Wildman–Crippen LogP) is 4.06. The average molecular weight is 419 g/mol. The molecule has 1 saturated heterocycles. The number of azo groups is 1. The largest absolute Gasteiger partial charge is 0.755 e. The zero-order chi connectivity index (χ0) is 19.4. The Morgan fingerprint density at radius 2 is 1.96 bits per heavy atom. The fraction of sp³-hybridized carbons (Fsp3) is 0.429. The summed E-state index contributed by atoms with van der Waals surface area (Å²) in [6.45, 7) is 1.38. The Labute approximate surface area is 159 Å². The quantitative estimate of drug-likeness (QED) is 0.414. The molecule has 1 fully saturated rings. The van der Waals surface area contributed by atoms with Crippen LogP contribution in [0.5, 0.6) is 0 Å². The van der Waals surface area contributed by atoms with Gasteiger partial charge in [-0.3, -0.25) is 4.21 Å². The highest BCUT2D eigenvalue weighted by atomic mass is 32.2. The van der Waals surface area contributed by atoms with Crippen LogP contribution in [-0.4, -0.2) is 38.3 Å². The van der Waals surface area contributed by atoms with Crippen molar-refractivity contribution in [3.63, 3.8) is 0 Å². The topological polar surface area (TPSA) is 97.1 Å². The Balaban J connectivity index is 2.04. The summed E-state index contributed by atoms with van der Waals surface area (Å²) in [4.78, 5) is 1.92. The van der Waals surface area contributed by atoms with Crippen molar-refractivity contribution in [3.05, 3.63) is 23.7 Å². The number of nitrogens with zero attached hydrogens (tertiary/aromatic N) is 6. The van der Waals surface area contributed by atoms with Crippen molar-refractivity contribution in [2.75, 3.05) is 22.3 Å². The fourth-order valence-corrected chi connectivity index (χ4v) is 3.56. The number of rotatable bonds is 5. The molecular formula is C14H14F3N6O2S2-. The molecule has 0 bridgehead atoms. The van der Waals surface area contributed by atoms with Gasteiger partial charge in [0.05, 0.1) is 17.0 Å². The number of anilines is 2. The minimum Gasteiger partial charge on any atom is -0.755 e. The zero-order valence-electron chi connectivity index (χ0n) is 13.8. The van der Waals surface area contributed by atoms with E-state index in [1.54, 1.807) is 6.07 Å². The van der Waals surface area contributed by atoms with Gasteiger partial charge in [0.1, 0.15) is 11.2 Å². The third-order valence-electron chi connectivity index (χ3n) is 3.87. The third kappa shape index (κ3) is 4.78. The van der Waals surface area contributed by atoms with Gasteiger partial charge in [-0.2, -0.15) is 0 Å².